The Morgan fingerprint density at radius 3 is 2.48 bits per heavy atom. The van der Waals surface area contributed by atoms with Crippen molar-refractivity contribution >= 4 is 30.7 Å². The molecule has 3 unspecified atom stereocenters. The van der Waals surface area contributed by atoms with Gasteiger partial charge in [-0.15, -0.1) is 24.8 Å². The number of carbonyl (C=O) groups is 1. The third kappa shape index (κ3) is 4.97. The van der Waals surface area contributed by atoms with Gasteiger partial charge in [0.2, 0.25) is 11.8 Å². The number of nitrogens with one attached hydrogen (secondary N) is 1. The average molecular weight is 419 g/mol. The summed E-state index contributed by atoms with van der Waals surface area (Å²) in [5.74, 6) is 2.73. The van der Waals surface area contributed by atoms with Crippen molar-refractivity contribution in [1.82, 2.24) is 20.1 Å². The van der Waals surface area contributed by atoms with E-state index in [2.05, 4.69) is 20.1 Å². The molecule has 6 nitrogen and oxygen atoms in total. The molecule has 0 aromatic carbocycles. The van der Waals surface area contributed by atoms with E-state index in [1.165, 1.54) is 25.7 Å². The molecule has 4 rings (SSSR count). The maximum atomic E-state index is 12.9. The highest BCUT2D eigenvalue weighted by Gasteiger charge is 2.40. The van der Waals surface area contributed by atoms with Crippen LogP contribution in [0.3, 0.4) is 0 Å². The first kappa shape index (κ1) is 22.5. The highest BCUT2D eigenvalue weighted by molar-refractivity contribution is 5.85. The molecule has 3 fully saturated rings. The fraction of sp³-hybridized carbons (Fsp3) is 0.789. The van der Waals surface area contributed by atoms with Gasteiger partial charge in [-0.05, 0) is 39.0 Å². The Balaban J connectivity index is 0.00000131. The van der Waals surface area contributed by atoms with Gasteiger partial charge in [-0.3, -0.25) is 9.69 Å². The van der Waals surface area contributed by atoms with Gasteiger partial charge in [0.25, 0.3) is 0 Å². The van der Waals surface area contributed by atoms with Crippen molar-refractivity contribution in [3.05, 3.63) is 17.3 Å². The Hall–Kier alpha value is -0.820. The zero-order valence-electron chi connectivity index (χ0n) is 16.3. The van der Waals surface area contributed by atoms with Crippen molar-refractivity contribution in [2.24, 2.45) is 5.92 Å². The van der Waals surface area contributed by atoms with Crippen molar-refractivity contribution in [3.8, 4) is 0 Å². The molecule has 3 atom stereocenters. The lowest BCUT2D eigenvalue weighted by molar-refractivity contribution is -0.135. The molecule has 3 aliphatic rings. The maximum absolute atomic E-state index is 12.9. The minimum atomic E-state index is 0. The zero-order valence-corrected chi connectivity index (χ0v) is 17.9. The van der Waals surface area contributed by atoms with Crippen molar-refractivity contribution in [2.45, 2.75) is 64.6 Å². The number of hydrogen-bond acceptors (Lipinski definition) is 5. The summed E-state index contributed by atoms with van der Waals surface area (Å²) in [6.45, 7) is 8.08. The number of carbonyl (C=O) groups excluding carboxylic acids is 1. The van der Waals surface area contributed by atoms with Crippen molar-refractivity contribution < 1.29 is 9.21 Å². The van der Waals surface area contributed by atoms with Crippen LogP contribution in [0, 0.1) is 19.8 Å². The molecule has 0 bridgehead atoms. The Labute approximate surface area is 174 Å². The van der Waals surface area contributed by atoms with Crippen LogP contribution in [-0.2, 0) is 11.3 Å². The van der Waals surface area contributed by atoms with Gasteiger partial charge < -0.3 is 14.6 Å². The molecule has 1 amide bonds. The van der Waals surface area contributed by atoms with Gasteiger partial charge in [0, 0.05) is 32.2 Å². The maximum Gasteiger partial charge on any atom is 0.239 e. The van der Waals surface area contributed by atoms with Gasteiger partial charge in [0.1, 0.15) is 5.76 Å². The molecule has 3 heterocycles. The Morgan fingerprint density at radius 1 is 1.15 bits per heavy atom. The van der Waals surface area contributed by atoms with Crippen LogP contribution in [0.4, 0.5) is 0 Å². The molecule has 1 N–H and O–H groups in total. The van der Waals surface area contributed by atoms with Crippen molar-refractivity contribution in [3.63, 3.8) is 0 Å². The number of nitrogens with zero attached hydrogens (tertiary/aromatic N) is 3. The molecule has 1 aromatic heterocycles. The predicted molar refractivity (Wildman–Crippen MR) is 110 cm³/mol. The number of piperazine rings is 1. The minimum absolute atomic E-state index is 0. The SMILES string of the molecule is Cc1nc(CN2CCN(C(=O)C3CC4CCCCC4N3)CC2)oc1C.Cl.Cl. The molecule has 8 heteroatoms. The number of hydrogen-bond donors (Lipinski definition) is 1. The van der Waals surface area contributed by atoms with E-state index in [1.807, 2.05) is 13.8 Å². The van der Waals surface area contributed by atoms with Crippen LogP contribution < -0.4 is 5.32 Å². The second-order valence-corrected chi connectivity index (χ2v) is 7.96. The normalized spacial score (nSPS) is 28.2. The van der Waals surface area contributed by atoms with E-state index >= 15 is 0 Å². The largest absolute Gasteiger partial charge is 0.444 e. The summed E-state index contributed by atoms with van der Waals surface area (Å²) in [5, 5.41) is 3.62. The number of halogens is 2. The summed E-state index contributed by atoms with van der Waals surface area (Å²) >= 11 is 0. The highest BCUT2D eigenvalue weighted by atomic mass is 35.5. The van der Waals surface area contributed by atoms with Crippen molar-refractivity contribution in [1.29, 1.82) is 0 Å². The van der Waals surface area contributed by atoms with E-state index in [0.717, 1.165) is 62.4 Å². The predicted octanol–water partition coefficient (Wildman–Crippen LogP) is 2.70. The molecule has 154 valence electrons. The molecule has 0 radical (unpaired) electrons. The standard InChI is InChI=1S/C19H30N4O2.2ClH/c1-13-14(2)25-18(20-13)12-22-7-9-23(10-8-22)19(24)17-11-15-5-3-4-6-16(15)21-17;;/h15-17,21H,3-12H2,1-2H3;2*1H. The fourth-order valence-corrected chi connectivity index (χ4v) is 4.66. The van der Waals surface area contributed by atoms with E-state index in [-0.39, 0.29) is 30.9 Å². The molecule has 27 heavy (non-hydrogen) atoms. The smallest absolute Gasteiger partial charge is 0.239 e. The first-order chi connectivity index (χ1) is 12.1. The minimum Gasteiger partial charge on any atom is -0.444 e. The lowest BCUT2D eigenvalue weighted by Crippen LogP contribution is -2.53. The van der Waals surface area contributed by atoms with Gasteiger partial charge in [-0.2, -0.15) is 0 Å². The summed E-state index contributed by atoms with van der Waals surface area (Å²) in [7, 11) is 0. The van der Waals surface area contributed by atoms with E-state index in [1.54, 1.807) is 0 Å². The average Bonchev–Trinajstić information content (AvgIpc) is 3.18. The number of aromatic nitrogens is 1. The molecule has 1 aliphatic carbocycles. The molecule has 0 spiro atoms. The molecule has 2 aliphatic heterocycles. The summed E-state index contributed by atoms with van der Waals surface area (Å²) in [6.07, 6.45) is 6.23. The summed E-state index contributed by atoms with van der Waals surface area (Å²) in [6, 6.07) is 0.636. The van der Waals surface area contributed by atoms with Crippen LogP contribution >= 0.6 is 24.8 Å². The van der Waals surface area contributed by atoms with E-state index < -0.39 is 0 Å². The second kappa shape index (κ2) is 9.59. The summed E-state index contributed by atoms with van der Waals surface area (Å²) < 4.78 is 5.68. The third-order valence-electron chi connectivity index (χ3n) is 6.28. The van der Waals surface area contributed by atoms with Gasteiger partial charge in [-0.1, -0.05) is 12.8 Å². The number of rotatable bonds is 3. The molecular weight excluding hydrogens is 387 g/mol. The first-order valence-electron chi connectivity index (χ1n) is 9.80. The number of amides is 1. The van der Waals surface area contributed by atoms with Crippen LogP contribution in [0.15, 0.2) is 4.42 Å². The molecular formula is C19H32Cl2N4O2. The van der Waals surface area contributed by atoms with Gasteiger partial charge in [-0.25, -0.2) is 4.98 Å². The first-order valence-corrected chi connectivity index (χ1v) is 9.80. The number of fused-ring (bicyclic) bond motifs is 1. The monoisotopic (exact) mass is 418 g/mol. The topological polar surface area (TPSA) is 61.6 Å². The van der Waals surface area contributed by atoms with Gasteiger partial charge >= 0.3 is 0 Å². The lowest BCUT2D eigenvalue weighted by atomic mass is 9.85. The molecule has 1 saturated carbocycles. The third-order valence-corrected chi connectivity index (χ3v) is 6.28. The quantitative estimate of drug-likeness (QED) is 0.817. The summed E-state index contributed by atoms with van der Waals surface area (Å²) in [4.78, 5) is 21.7. The van der Waals surface area contributed by atoms with Crippen LogP contribution in [0.2, 0.25) is 0 Å². The molecule has 2 saturated heterocycles. The molecule has 1 aromatic rings. The Kier molecular flexibility index (Phi) is 7.98. The number of oxazole rings is 1. The second-order valence-electron chi connectivity index (χ2n) is 7.96. The Morgan fingerprint density at radius 2 is 1.85 bits per heavy atom. The highest BCUT2D eigenvalue weighted by Crippen LogP contribution is 2.33. The summed E-state index contributed by atoms with van der Waals surface area (Å²) in [5.41, 5.74) is 0.970. The van der Waals surface area contributed by atoms with Crippen LogP contribution in [-0.4, -0.2) is 59.0 Å². The fourth-order valence-electron chi connectivity index (χ4n) is 4.66. The van der Waals surface area contributed by atoms with Gasteiger partial charge in [0.15, 0.2) is 0 Å². The van der Waals surface area contributed by atoms with Crippen LogP contribution in [0.25, 0.3) is 0 Å². The Bertz CT molecular complexity index is 598. The van der Waals surface area contributed by atoms with E-state index in [0.29, 0.717) is 11.9 Å². The van der Waals surface area contributed by atoms with E-state index in [4.69, 9.17) is 4.42 Å². The lowest BCUT2D eigenvalue weighted by Gasteiger charge is -2.35. The number of aryl methyl sites for hydroxylation is 2. The van der Waals surface area contributed by atoms with Crippen molar-refractivity contribution in [2.75, 3.05) is 26.2 Å². The van der Waals surface area contributed by atoms with Gasteiger partial charge in [0.05, 0.1) is 18.3 Å². The van der Waals surface area contributed by atoms with E-state index in [9.17, 15) is 4.79 Å². The van der Waals surface area contributed by atoms with Crippen LogP contribution in [0.5, 0.6) is 0 Å². The van der Waals surface area contributed by atoms with Crippen LogP contribution in [0.1, 0.15) is 49.4 Å². The zero-order chi connectivity index (χ0) is 17.4.